The van der Waals surface area contributed by atoms with Crippen molar-refractivity contribution in [1.82, 2.24) is 14.3 Å². The van der Waals surface area contributed by atoms with Crippen molar-refractivity contribution in [3.05, 3.63) is 53.5 Å². The quantitative estimate of drug-likeness (QED) is 0.801. The van der Waals surface area contributed by atoms with Gasteiger partial charge in [0.25, 0.3) is 0 Å². The van der Waals surface area contributed by atoms with Gasteiger partial charge >= 0.3 is 5.97 Å². The number of benzene rings is 1. The monoisotopic (exact) mass is 283 g/mol. The molecule has 0 aliphatic rings. The first-order valence-corrected chi connectivity index (χ1v) is 6.94. The molecule has 0 saturated heterocycles. The largest absolute Gasteiger partial charge is 0.478 e. The van der Waals surface area contributed by atoms with Gasteiger partial charge in [0.2, 0.25) is 0 Å². The lowest BCUT2D eigenvalue weighted by molar-refractivity contribution is 0.0698. The van der Waals surface area contributed by atoms with Crippen LogP contribution in [0.1, 0.15) is 28.7 Å². The lowest BCUT2D eigenvalue weighted by atomic mass is 10.1. The highest BCUT2D eigenvalue weighted by Crippen LogP contribution is 2.22. The molecule has 0 aliphatic carbocycles. The number of aromatic carboxylic acids is 1. The SMILES string of the molecule is CCn1nc(C)cc1Cn1ccc2cccc(C(=O)O)c21. The summed E-state index contributed by atoms with van der Waals surface area (Å²) in [5.41, 5.74) is 3.14. The van der Waals surface area contributed by atoms with E-state index in [4.69, 9.17) is 0 Å². The van der Waals surface area contributed by atoms with Gasteiger partial charge in [-0.25, -0.2) is 4.79 Å². The summed E-state index contributed by atoms with van der Waals surface area (Å²) in [5.74, 6) is -0.902. The summed E-state index contributed by atoms with van der Waals surface area (Å²) in [7, 11) is 0. The Morgan fingerprint density at radius 1 is 1.33 bits per heavy atom. The van der Waals surface area contributed by atoms with Gasteiger partial charge in [-0.3, -0.25) is 4.68 Å². The number of rotatable bonds is 4. The molecule has 5 heteroatoms. The van der Waals surface area contributed by atoms with Gasteiger partial charge in [-0.15, -0.1) is 0 Å². The van der Waals surface area contributed by atoms with Crippen LogP contribution in [0.5, 0.6) is 0 Å². The topological polar surface area (TPSA) is 60.0 Å². The third-order valence-electron chi connectivity index (χ3n) is 3.64. The second-order valence-corrected chi connectivity index (χ2v) is 5.09. The average molecular weight is 283 g/mol. The molecule has 3 rings (SSSR count). The molecule has 0 bridgehead atoms. The molecule has 0 atom stereocenters. The molecule has 1 N–H and O–H groups in total. The fraction of sp³-hybridized carbons (Fsp3) is 0.250. The number of nitrogens with zero attached hydrogens (tertiary/aromatic N) is 3. The fourth-order valence-electron chi connectivity index (χ4n) is 2.74. The maximum absolute atomic E-state index is 11.4. The predicted octanol–water partition coefficient (Wildman–Crippen LogP) is 2.91. The molecule has 2 aromatic heterocycles. The number of fused-ring (bicyclic) bond motifs is 1. The second kappa shape index (κ2) is 5.09. The zero-order valence-corrected chi connectivity index (χ0v) is 12.1. The number of carbonyl (C=O) groups is 1. The molecule has 3 aromatic rings. The van der Waals surface area contributed by atoms with Crippen molar-refractivity contribution in [2.24, 2.45) is 0 Å². The maximum atomic E-state index is 11.4. The van der Waals surface area contributed by atoms with Crippen LogP contribution in [0.25, 0.3) is 10.9 Å². The summed E-state index contributed by atoms with van der Waals surface area (Å²) in [6, 6.07) is 9.33. The van der Waals surface area contributed by atoms with Gasteiger partial charge in [0, 0.05) is 18.1 Å². The van der Waals surface area contributed by atoms with Crippen molar-refractivity contribution in [1.29, 1.82) is 0 Å². The smallest absolute Gasteiger partial charge is 0.337 e. The molecule has 0 unspecified atom stereocenters. The minimum Gasteiger partial charge on any atom is -0.478 e. The van der Waals surface area contributed by atoms with Gasteiger partial charge in [-0.2, -0.15) is 5.10 Å². The second-order valence-electron chi connectivity index (χ2n) is 5.09. The fourth-order valence-corrected chi connectivity index (χ4v) is 2.74. The van der Waals surface area contributed by atoms with E-state index in [2.05, 4.69) is 5.10 Å². The zero-order valence-electron chi connectivity index (χ0n) is 12.1. The van der Waals surface area contributed by atoms with Crippen molar-refractivity contribution < 1.29 is 9.90 Å². The lowest BCUT2D eigenvalue weighted by Gasteiger charge is -2.09. The zero-order chi connectivity index (χ0) is 15.0. The summed E-state index contributed by atoms with van der Waals surface area (Å²) < 4.78 is 3.92. The summed E-state index contributed by atoms with van der Waals surface area (Å²) in [5, 5.41) is 14.7. The average Bonchev–Trinajstić information content (AvgIpc) is 3.02. The first kappa shape index (κ1) is 13.4. The first-order valence-electron chi connectivity index (χ1n) is 6.94. The molecule has 21 heavy (non-hydrogen) atoms. The Labute approximate surface area is 122 Å². The molecule has 0 radical (unpaired) electrons. The van der Waals surface area contributed by atoms with Crippen LogP contribution < -0.4 is 0 Å². The minimum atomic E-state index is -0.902. The van der Waals surface area contributed by atoms with E-state index < -0.39 is 5.97 Å². The molecular weight excluding hydrogens is 266 g/mol. The molecule has 1 aromatic carbocycles. The highest BCUT2D eigenvalue weighted by Gasteiger charge is 2.13. The van der Waals surface area contributed by atoms with E-state index in [0.29, 0.717) is 12.1 Å². The highest BCUT2D eigenvalue weighted by molar-refractivity contribution is 6.02. The Balaban J connectivity index is 2.10. The van der Waals surface area contributed by atoms with Gasteiger partial charge in [0.15, 0.2) is 0 Å². The standard InChI is InChI=1S/C16H17N3O2/c1-3-19-13(9-11(2)17-19)10-18-8-7-12-5-4-6-14(15(12)18)16(20)21/h4-9H,3,10H2,1-2H3,(H,20,21). The number of aryl methyl sites for hydroxylation is 2. The Morgan fingerprint density at radius 2 is 2.14 bits per heavy atom. The number of hydrogen-bond donors (Lipinski definition) is 1. The van der Waals surface area contributed by atoms with Gasteiger partial charge in [0.05, 0.1) is 29.0 Å². The van der Waals surface area contributed by atoms with Crippen molar-refractivity contribution in [3.63, 3.8) is 0 Å². The van der Waals surface area contributed by atoms with Crippen molar-refractivity contribution >= 4 is 16.9 Å². The summed E-state index contributed by atoms with van der Waals surface area (Å²) in [6.07, 6.45) is 1.93. The maximum Gasteiger partial charge on any atom is 0.337 e. The van der Waals surface area contributed by atoms with Crippen LogP contribution in [-0.2, 0) is 13.1 Å². The van der Waals surface area contributed by atoms with Crippen LogP contribution in [0.15, 0.2) is 36.5 Å². The number of carboxylic acids is 1. The van der Waals surface area contributed by atoms with E-state index in [-0.39, 0.29) is 0 Å². The van der Waals surface area contributed by atoms with Gasteiger partial charge in [-0.1, -0.05) is 12.1 Å². The molecule has 0 spiro atoms. The van der Waals surface area contributed by atoms with E-state index in [0.717, 1.165) is 28.8 Å². The molecule has 2 heterocycles. The van der Waals surface area contributed by atoms with Crippen LogP contribution in [0.3, 0.4) is 0 Å². The normalized spacial score (nSPS) is 11.1. The third kappa shape index (κ3) is 2.31. The van der Waals surface area contributed by atoms with E-state index >= 15 is 0 Å². The van der Waals surface area contributed by atoms with Crippen LogP contribution in [0, 0.1) is 6.92 Å². The molecule has 0 amide bonds. The van der Waals surface area contributed by atoms with E-state index in [1.54, 1.807) is 12.1 Å². The van der Waals surface area contributed by atoms with Crippen LogP contribution >= 0.6 is 0 Å². The first-order chi connectivity index (χ1) is 10.1. The number of para-hydroxylation sites is 1. The molecule has 5 nitrogen and oxygen atoms in total. The van der Waals surface area contributed by atoms with Crippen LogP contribution in [-0.4, -0.2) is 25.4 Å². The summed E-state index contributed by atoms with van der Waals surface area (Å²) in [4.78, 5) is 11.4. The molecule has 0 saturated carbocycles. The number of carboxylic acid groups (broad SMARTS) is 1. The van der Waals surface area contributed by atoms with Crippen LogP contribution in [0.2, 0.25) is 0 Å². The van der Waals surface area contributed by atoms with E-state index in [1.807, 2.05) is 47.5 Å². The predicted molar refractivity (Wildman–Crippen MR) is 80.6 cm³/mol. The van der Waals surface area contributed by atoms with Crippen molar-refractivity contribution in [2.75, 3.05) is 0 Å². The van der Waals surface area contributed by atoms with Crippen molar-refractivity contribution in [2.45, 2.75) is 26.9 Å². The van der Waals surface area contributed by atoms with E-state index in [1.165, 1.54) is 0 Å². The Kier molecular flexibility index (Phi) is 3.25. The van der Waals surface area contributed by atoms with Crippen LogP contribution in [0.4, 0.5) is 0 Å². The highest BCUT2D eigenvalue weighted by atomic mass is 16.4. The van der Waals surface area contributed by atoms with E-state index in [9.17, 15) is 9.90 Å². The summed E-state index contributed by atoms with van der Waals surface area (Å²) in [6.45, 7) is 5.43. The molecular formula is C16H17N3O2. The molecule has 108 valence electrons. The van der Waals surface area contributed by atoms with Gasteiger partial charge < -0.3 is 9.67 Å². The van der Waals surface area contributed by atoms with Crippen molar-refractivity contribution in [3.8, 4) is 0 Å². The lowest BCUT2D eigenvalue weighted by Crippen LogP contribution is -2.09. The number of hydrogen-bond acceptors (Lipinski definition) is 2. The van der Waals surface area contributed by atoms with Gasteiger partial charge in [-0.05, 0) is 32.0 Å². The molecule has 0 fully saturated rings. The molecule has 0 aliphatic heterocycles. The summed E-state index contributed by atoms with van der Waals surface area (Å²) >= 11 is 0. The Bertz CT molecular complexity index is 814. The third-order valence-corrected chi connectivity index (χ3v) is 3.64. The Morgan fingerprint density at radius 3 is 2.86 bits per heavy atom. The minimum absolute atomic E-state index is 0.330. The number of aromatic nitrogens is 3. The van der Waals surface area contributed by atoms with Gasteiger partial charge in [0.1, 0.15) is 0 Å². The Hall–Kier alpha value is -2.56.